The van der Waals surface area contributed by atoms with Crippen LogP contribution >= 0.6 is 0 Å². The van der Waals surface area contributed by atoms with E-state index in [1.165, 1.54) is 19.4 Å². The summed E-state index contributed by atoms with van der Waals surface area (Å²) in [6, 6.07) is 1.48. The second-order valence-electron chi connectivity index (χ2n) is 3.46. The Hall–Kier alpha value is -2.31. The third-order valence-electron chi connectivity index (χ3n) is 2.32. The third kappa shape index (κ3) is 3.34. The molecule has 0 saturated carbocycles. The standard InChI is InChI=1S/C11H16N4O3/c1-13-8(16)4-6-15-10-9(12)7(3-5-14-10)11(17)18-2/h3,5H,4,6,12H2,1-2H3,(H,13,16)(H,14,15). The van der Waals surface area contributed by atoms with E-state index in [9.17, 15) is 9.59 Å². The van der Waals surface area contributed by atoms with Crippen molar-refractivity contribution < 1.29 is 14.3 Å². The van der Waals surface area contributed by atoms with Crippen LogP contribution in [0.2, 0.25) is 0 Å². The maximum atomic E-state index is 11.4. The molecule has 0 fully saturated rings. The van der Waals surface area contributed by atoms with Crippen LogP contribution in [-0.2, 0) is 9.53 Å². The summed E-state index contributed by atoms with van der Waals surface area (Å²) in [4.78, 5) is 26.4. The molecule has 98 valence electrons. The molecule has 0 saturated heterocycles. The van der Waals surface area contributed by atoms with E-state index in [4.69, 9.17) is 5.73 Å². The maximum Gasteiger partial charge on any atom is 0.340 e. The fourth-order valence-electron chi connectivity index (χ4n) is 1.32. The van der Waals surface area contributed by atoms with Crippen molar-refractivity contribution >= 4 is 23.4 Å². The first-order valence-corrected chi connectivity index (χ1v) is 5.37. The minimum atomic E-state index is -0.524. The number of nitrogen functional groups attached to an aromatic ring is 1. The van der Waals surface area contributed by atoms with Crippen LogP contribution in [0.25, 0.3) is 0 Å². The molecule has 1 aromatic heterocycles. The molecule has 0 atom stereocenters. The molecule has 1 heterocycles. The number of ether oxygens (including phenoxy) is 1. The molecule has 1 aromatic rings. The van der Waals surface area contributed by atoms with Gasteiger partial charge in [-0.05, 0) is 6.07 Å². The van der Waals surface area contributed by atoms with Gasteiger partial charge in [0.1, 0.15) is 5.82 Å². The highest BCUT2D eigenvalue weighted by molar-refractivity contribution is 5.97. The fourth-order valence-corrected chi connectivity index (χ4v) is 1.32. The molecular formula is C11H16N4O3. The molecule has 1 amide bonds. The minimum Gasteiger partial charge on any atom is -0.465 e. The van der Waals surface area contributed by atoms with Crippen LogP contribution in [0.5, 0.6) is 0 Å². The molecule has 7 nitrogen and oxygen atoms in total. The molecule has 0 bridgehead atoms. The molecule has 0 aromatic carbocycles. The molecule has 0 aliphatic heterocycles. The summed E-state index contributed by atoms with van der Waals surface area (Å²) < 4.78 is 4.59. The van der Waals surface area contributed by atoms with Crippen molar-refractivity contribution in [1.29, 1.82) is 0 Å². The predicted molar refractivity (Wildman–Crippen MR) is 67.2 cm³/mol. The molecule has 18 heavy (non-hydrogen) atoms. The van der Waals surface area contributed by atoms with Crippen molar-refractivity contribution in [3.63, 3.8) is 0 Å². The van der Waals surface area contributed by atoms with E-state index in [0.29, 0.717) is 18.8 Å². The normalized spacial score (nSPS) is 9.67. The summed E-state index contributed by atoms with van der Waals surface area (Å²) in [5, 5.41) is 5.39. The number of hydrogen-bond donors (Lipinski definition) is 3. The first-order chi connectivity index (χ1) is 8.60. The molecular weight excluding hydrogens is 236 g/mol. The Labute approximate surface area is 105 Å². The number of methoxy groups -OCH3 is 1. The minimum absolute atomic E-state index is 0.0924. The van der Waals surface area contributed by atoms with Crippen molar-refractivity contribution in [1.82, 2.24) is 10.3 Å². The number of aromatic nitrogens is 1. The molecule has 0 spiro atoms. The van der Waals surface area contributed by atoms with Crippen molar-refractivity contribution in [3.8, 4) is 0 Å². The Bertz CT molecular complexity index is 448. The topological polar surface area (TPSA) is 106 Å². The molecule has 7 heteroatoms. The zero-order valence-corrected chi connectivity index (χ0v) is 10.3. The first-order valence-electron chi connectivity index (χ1n) is 5.37. The summed E-state index contributed by atoms with van der Waals surface area (Å²) in [5.74, 6) is -0.253. The van der Waals surface area contributed by atoms with Crippen LogP contribution in [0.15, 0.2) is 12.3 Å². The van der Waals surface area contributed by atoms with E-state index in [1.807, 2.05) is 0 Å². The number of anilines is 2. The van der Waals surface area contributed by atoms with Crippen molar-refractivity contribution in [2.75, 3.05) is 31.8 Å². The second-order valence-corrected chi connectivity index (χ2v) is 3.46. The van der Waals surface area contributed by atoms with E-state index in [2.05, 4.69) is 20.4 Å². The average Bonchev–Trinajstić information content (AvgIpc) is 2.39. The summed E-state index contributed by atoms with van der Waals surface area (Å²) in [7, 11) is 2.84. The lowest BCUT2D eigenvalue weighted by Gasteiger charge is -2.10. The van der Waals surface area contributed by atoms with Crippen molar-refractivity contribution in [2.24, 2.45) is 0 Å². The quantitative estimate of drug-likeness (QED) is 0.637. The highest BCUT2D eigenvalue weighted by Gasteiger charge is 2.13. The van der Waals surface area contributed by atoms with Crippen LogP contribution in [0.1, 0.15) is 16.8 Å². The summed E-state index contributed by atoms with van der Waals surface area (Å²) in [6.45, 7) is 0.376. The number of nitrogens with two attached hydrogens (primary N) is 1. The monoisotopic (exact) mass is 252 g/mol. The van der Waals surface area contributed by atoms with Crippen molar-refractivity contribution in [3.05, 3.63) is 17.8 Å². The van der Waals surface area contributed by atoms with E-state index in [-0.39, 0.29) is 17.2 Å². The third-order valence-corrected chi connectivity index (χ3v) is 2.32. The van der Waals surface area contributed by atoms with Gasteiger partial charge in [0.05, 0.1) is 18.4 Å². The number of pyridine rings is 1. The molecule has 4 N–H and O–H groups in total. The summed E-state index contributed by atoms with van der Waals surface area (Å²) in [6.07, 6.45) is 1.74. The Morgan fingerprint density at radius 2 is 2.22 bits per heavy atom. The molecule has 0 aliphatic rings. The summed E-state index contributed by atoms with van der Waals surface area (Å²) >= 11 is 0. The predicted octanol–water partition coefficient (Wildman–Crippen LogP) is -0.00160. The zero-order chi connectivity index (χ0) is 13.5. The van der Waals surface area contributed by atoms with Gasteiger partial charge in [-0.1, -0.05) is 0 Å². The van der Waals surface area contributed by atoms with Crippen LogP contribution in [0.3, 0.4) is 0 Å². The van der Waals surface area contributed by atoms with Gasteiger partial charge < -0.3 is 21.1 Å². The van der Waals surface area contributed by atoms with Gasteiger partial charge in [0.2, 0.25) is 5.91 Å². The number of nitrogens with one attached hydrogen (secondary N) is 2. The fraction of sp³-hybridized carbons (Fsp3) is 0.364. The zero-order valence-electron chi connectivity index (χ0n) is 10.3. The molecule has 0 aliphatic carbocycles. The second kappa shape index (κ2) is 6.43. The first kappa shape index (κ1) is 13.8. The molecule has 0 radical (unpaired) electrons. The van der Waals surface area contributed by atoms with E-state index < -0.39 is 5.97 Å². The van der Waals surface area contributed by atoms with Gasteiger partial charge in [-0.25, -0.2) is 9.78 Å². The number of esters is 1. The molecule has 0 unspecified atom stereocenters. The SMILES string of the molecule is CNC(=O)CCNc1nccc(C(=O)OC)c1N. The Morgan fingerprint density at radius 3 is 2.83 bits per heavy atom. The lowest BCUT2D eigenvalue weighted by atomic mass is 10.2. The van der Waals surface area contributed by atoms with Crippen LogP contribution in [0, 0.1) is 0 Å². The number of amides is 1. The molecule has 1 rings (SSSR count). The Kier molecular flexibility index (Phi) is 4.91. The number of carbonyl (C=O) groups excluding carboxylic acids is 2. The Balaban J connectivity index is 2.72. The maximum absolute atomic E-state index is 11.4. The number of nitrogens with zero attached hydrogens (tertiary/aromatic N) is 1. The van der Waals surface area contributed by atoms with Crippen LogP contribution < -0.4 is 16.4 Å². The van der Waals surface area contributed by atoms with Gasteiger partial charge in [-0.2, -0.15) is 0 Å². The van der Waals surface area contributed by atoms with E-state index >= 15 is 0 Å². The van der Waals surface area contributed by atoms with Gasteiger partial charge in [0.25, 0.3) is 0 Å². The lowest BCUT2D eigenvalue weighted by molar-refractivity contribution is -0.120. The van der Waals surface area contributed by atoms with Gasteiger partial charge in [-0.15, -0.1) is 0 Å². The van der Waals surface area contributed by atoms with Gasteiger partial charge in [0.15, 0.2) is 0 Å². The van der Waals surface area contributed by atoms with Gasteiger partial charge in [0, 0.05) is 26.2 Å². The van der Waals surface area contributed by atoms with Crippen LogP contribution in [-0.4, -0.2) is 37.6 Å². The smallest absolute Gasteiger partial charge is 0.340 e. The number of carbonyl (C=O) groups is 2. The number of rotatable bonds is 5. The van der Waals surface area contributed by atoms with Gasteiger partial charge in [-0.3, -0.25) is 4.79 Å². The van der Waals surface area contributed by atoms with E-state index in [1.54, 1.807) is 7.05 Å². The number of hydrogen-bond acceptors (Lipinski definition) is 6. The highest BCUT2D eigenvalue weighted by Crippen LogP contribution is 2.20. The highest BCUT2D eigenvalue weighted by atomic mass is 16.5. The van der Waals surface area contributed by atoms with Gasteiger partial charge >= 0.3 is 5.97 Å². The average molecular weight is 252 g/mol. The lowest BCUT2D eigenvalue weighted by Crippen LogP contribution is -2.21. The van der Waals surface area contributed by atoms with Crippen molar-refractivity contribution in [2.45, 2.75) is 6.42 Å². The summed E-state index contributed by atoms with van der Waals surface area (Å²) in [5.41, 5.74) is 6.24. The van der Waals surface area contributed by atoms with Crippen LogP contribution in [0.4, 0.5) is 11.5 Å². The largest absolute Gasteiger partial charge is 0.465 e. The Morgan fingerprint density at radius 1 is 1.50 bits per heavy atom. The van der Waals surface area contributed by atoms with E-state index in [0.717, 1.165) is 0 Å².